The summed E-state index contributed by atoms with van der Waals surface area (Å²) in [6, 6.07) is 20.7. The van der Waals surface area contributed by atoms with Crippen molar-refractivity contribution in [3.05, 3.63) is 90.3 Å². The Labute approximate surface area is 262 Å². The molecular weight excluding hydrogens is 568 g/mol. The third-order valence-electron chi connectivity index (χ3n) is 8.87. The molecule has 2 saturated heterocycles. The number of benzene rings is 2. The van der Waals surface area contributed by atoms with Crippen LogP contribution in [-0.4, -0.2) is 68.7 Å². The van der Waals surface area contributed by atoms with Gasteiger partial charge in [-0.1, -0.05) is 73.7 Å². The number of nitrogens with two attached hydrogens (primary N) is 1. The number of hydrogen-bond acceptors (Lipinski definition) is 9. The Morgan fingerprint density at radius 1 is 1.09 bits per heavy atom. The first-order valence-electron chi connectivity index (χ1n) is 15.7. The van der Waals surface area contributed by atoms with Crippen LogP contribution < -0.4 is 21.3 Å². The normalized spacial score (nSPS) is 25.3. The van der Waals surface area contributed by atoms with Crippen LogP contribution in [0.5, 0.6) is 0 Å². The summed E-state index contributed by atoms with van der Waals surface area (Å²) in [6.45, 7) is 7.60. The first kappa shape index (κ1) is 29.4. The first-order valence-corrected chi connectivity index (χ1v) is 15.7. The van der Waals surface area contributed by atoms with Crippen molar-refractivity contribution >= 4 is 28.8 Å². The predicted molar refractivity (Wildman–Crippen MR) is 173 cm³/mol. The fourth-order valence-electron chi connectivity index (χ4n) is 6.71. The summed E-state index contributed by atoms with van der Waals surface area (Å²) in [7, 11) is 0. The lowest BCUT2D eigenvalue weighted by Gasteiger charge is -2.29. The lowest BCUT2D eigenvalue weighted by Crippen LogP contribution is -2.53. The zero-order valence-corrected chi connectivity index (χ0v) is 25.9. The van der Waals surface area contributed by atoms with Crippen molar-refractivity contribution in [3.63, 3.8) is 0 Å². The molecule has 4 N–H and O–H groups in total. The molecule has 234 valence electrons. The molecule has 4 atom stereocenters. The van der Waals surface area contributed by atoms with Crippen LogP contribution in [0.15, 0.2) is 79.1 Å². The zero-order chi connectivity index (χ0) is 31.2. The third kappa shape index (κ3) is 5.56. The molecule has 0 radical (unpaired) electrons. The van der Waals surface area contributed by atoms with Crippen LogP contribution in [0, 0.1) is 0 Å². The highest BCUT2D eigenvalue weighted by Gasteiger charge is 2.59. The standard InChI is InChI=1S/C34H40N8O3/c1-4-27(43)40-34-17-15-26(29(34)44-33(2,3)45-34)42-21-37-28-30(38-32(39-31(28)42)41-18-16-24(35)20-41)36-19-25(22-11-7-5-8-12-22)23-13-9-6-10-14-23/h5-15,17,21,24-26,29H,4,16,18-20,35H2,1-3H3,(H,40,43)(H,36,38,39)/t24-,26-,29+,34-/m1/s1. The van der Waals surface area contributed by atoms with Gasteiger partial charge in [0.15, 0.2) is 28.5 Å². The summed E-state index contributed by atoms with van der Waals surface area (Å²) in [5.41, 5.74) is 8.95. The van der Waals surface area contributed by atoms with Gasteiger partial charge in [-0.25, -0.2) is 4.98 Å². The van der Waals surface area contributed by atoms with Crippen LogP contribution >= 0.6 is 0 Å². The van der Waals surface area contributed by atoms with Gasteiger partial charge < -0.3 is 35.3 Å². The number of ether oxygens (including phenoxy) is 2. The molecule has 11 nitrogen and oxygen atoms in total. The highest BCUT2D eigenvalue weighted by Crippen LogP contribution is 2.46. The number of carbonyl (C=O) groups is 1. The average Bonchev–Trinajstić information content (AvgIpc) is 3.79. The number of amides is 1. The van der Waals surface area contributed by atoms with E-state index < -0.39 is 17.6 Å². The Balaban J connectivity index is 1.27. The minimum atomic E-state index is -1.09. The molecule has 2 aliphatic heterocycles. The smallest absolute Gasteiger partial charge is 0.229 e. The molecule has 3 aliphatic rings. The number of hydrogen-bond donors (Lipinski definition) is 3. The number of imidazole rings is 1. The van der Waals surface area contributed by atoms with E-state index in [0.29, 0.717) is 42.4 Å². The summed E-state index contributed by atoms with van der Waals surface area (Å²) in [4.78, 5) is 29.6. The van der Waals surface area contributed by atoms with Crippen LogP contribution in [0.25, 0.3) is 11.2 Å². The first-order chi connectivity index (χ1) is 21.7. The number of nitrogens with zero attached hydrogens (tertiary/aromatic N) is 5. The predicted octanol–water partition coefficient (Wildman–Crippen LogP) is 4.09. The Kier molecular flexibility index (Phi) is 7.55. The Morgan fingerprint density at radius 3 is 2.44 bits per heavy atom. The van der Waals surface area contributed by atoms with Crippen molar-refractivity contribution in [3.8, 4) is 0 Å². The summed E-state index contributed by atoms with van der Waals surface area (Å²) in [5.74, 6) is 0.340. The molecule has 45 heavy (non-hydrogen) atoms. The quantitative estimate of drug-likeness (QED) is 0.240. The fraction of sp³-hybridized carbons (Fsp3) is 0.412. The molecule has 0 bridgehead atoms. The van der Waals surface area contributed by atoms with Crippen LogP contribution in [0.4, 0.5) is 11.8 Å². The highest BCUT2D eigenvalue weighted by molar-refractivity contribution is 5.85. The summed E-state index contributed by atoms with van der Waals surface area (Å²) in [6.07, 6.45) is 6.36. The Bertz CT molecular complexity index is 1670. The van der Waals surface area contributed by atoms with Crippen LogP contribution in [0.2, 0.25) is 0 Å². The van der Waals surface area contributed by atoms with E-state index in [2.05, 4.69) is 64.1 Å². The highest BCUT2D eigenvalue weighted by atomic mass is 16.8. The van der Waals surface area contributed by atoms with E-state index in [9.17, 15) is 4.79 Å². The van der Waals surface area contributed by atoms with Crippen molar-refractivity contribution in [2.75, 3.05) is 29.9 Å². The molecule has 2 aromatic carbocycles. The van der Waals surface area contributed by atoms with Gasteiger partial charge in [-0.05, 0) is 37.5 Å². The molecule has 2 aromatic heterocycles. The fourth-order valence-corrected chi connectivity index (χ4v) is 6.71. The molecule has 4 aromatic rings. The molecule has 0 saturated carbocycles. The van der Waals surface area contributed by atoms with Gasteiger partial charge in [0.25, 0.3) is 0 Å². The van der Waals surface area contributed by atoms with Gasteiger partial charge in [0.05, 0.1) is 12.4 Å². The van der Waals surface area contributed by atoms with Crippen molar-refractivity contribution in [1.29, 1.82) is 0 Å². The van der Waals surface area contributed by atoms with E-state index in [1.54, 1.807) is 6.33 Å². The van der Waals surface area contributed by atoms with Crippen molar-refractivity contribution in [2.45, 2.75) is 69.2 Å². The Morgan fingerprint density at radius 2 is 1.80 bits per heavy atom. The zero-order valence-electron chi connectivity index (χ0n) is 25.9. The maximum atomic E-state index is 12.6. The number of anilines is 2. The summed E-state index contributed by atoms with van der Waals surface area (Å²) < 4.78 is 14.7. The van der Waals surface area contributed by atoms with E-state index in [-0.39, 0.29) is 23.9 Å². The van der Waals surface area contributed by atoms with Crippen LogP contribution in [0.1, 0.15) is 56.7 Å². The lowest BCUT2D eigenvalue weighted by molar-refractivity contribution is -0.164. The van der Waals surface area contributed by atoms with Gasteiger partial charge in [-0.3, -0.25) is 4.79 Å². The van der Waals surface area contributed by atoms with Crippen LogP contribution in [0.3, 0.4) is 0 Å². The van der Waals surface area contributed by atoms with E-state index in [0.717, 1.165) is 13.0 Å². The van der Waals surface area contributed by atoms with Crippen LogP contribution in [-0.2, 0) is 14.3 Å². The second kappa shape index (κ2) is 11.6. The van der Waals surface area contributed by atoms with Crippen molar-refractivity contribution in [2.24, 2.45) is 5.73 Å². The third-order valence-corrected chi connectivity index (χ3v) is 8.87. The molecule has 0 spiro atoms. The lowest BCUT2D eigenvalue weighted by atomic mass is 9.91. The second-order valence-electron chi connectivity index (χ2n) is 12.5. The maximum absolute atomic E-state index is 12.6. The van der Waals surface area contributed by atoms with Gasteiger partial charge in [0, 0.05) is 38.0 Å². The van der Waals surface area contributed by atoms with Crippen molar-refractivity contribution in [1.82, 2.24) is 24.8 Å². The minimum absolute atomic E-state index is 0.0676. The molecule has 4 heterocycles. The van der Waals surface area contributed by atoms with Crippen molar-refractivity contribution < 1.29 is 14.3 Å². The van der Waals surface area contributed by atoms with Gasteiger partial charge in [-0.15, -0.1) is 0 Å². The summed E-state index contributed by atoms with van der Waals surface area (Å²) in [5, 5.41) is 6.71. The molecule has 7 rings (SSSR count). The number of fused-ring (bicyclic) bond motifs is 2. The second-order valence-corrected chi connectivity index (χ2v) is 12.5. The number of rotatable bonds is 9. The average molecular weight is 609 g/mol. The monoisotopic (exact) mass is 608 g/mol. The molecule has 0 unspecified atom stereocenters. The summed E-state index contributed by atoms with van der Waals surface area (Å²) >= 11 is 0. The van der Waals surface area contributed by atoms with Gasteiger partial charge in [0.2, 0.25) is 11.9 Å². The van der Waals surface area contributed by atoms with E-state index in [1.165, 1.54) is 11.1 Å². The molecule has 2 fully saturated rings. The minimum Gasteiger partial charge on any atom is -0.367 e. The molecule has 1 aliphatic carbocycles. The SMILES string of the molecule is CCC(=O)N[C@@]12C=C[C@@H](n3cnc4c(NCC(c5ccccc5)c5ccccc5)nc(N5CC[C@@H](N)C5)nc43)[C@@H]1OC(C)(C)O2. The van der Waals surface area contributed by atoms with E-state index in [1.807, 2.05) is 49.6 Å². The van der Waals surface area contributed by atoms with Gasteiger partial charge in [-0.2, -0.15) is 9.97 Å². The van der Waals surface area contributed by atoms with E-state index >= 15 is 0 Å². The van der Waals surface area contributed by atoms with Gasteiger partial charge >= 0.3 is 0 Å². The number of aromatic nitrogens is 4. The molecule has 1 amide bonds. The maximum Gasteiger partial charge on any atom is 0.229 e. The van der Waals surface area contributed by atoms with Gasteiger partial charge in [0.1, 0.15) is 6.10 Å². The molecular formula is C34H40N8O3. The van der Waals surface area contributed by atoms with E-state index in [4.69, 9.17) is 30.2 Å². The number of nitrogens with one attached hydrogen (secondary N) is 2. The molecule has 11 heteroatoms. The number of carbonyl (C=O) groups excluding carboxylic acids is 1. The topological polar surface area (TPSA) is 132 Å². The Hall–Kier alpha value is -4.32. The largest absolute Gasteiger partial charge is 0.367 e.